The van der Waals surface area contributed by atoms with Gasteiger partial charge in [-0.3, -0.25) is 19.2 Å². The van der Waals surface area contributed by atoms with Crippen LogP contribution in [0.4, 0.5) is 4.79 Å². The van der Waals surface area contributed by atoms with Gasteiger partial charge in [0, 0.05) is 20.1 Å². The molecule has 4 aliphatic rings. The molecule has 5 rings (SSSR count). The topological polar surface area (TPSA) is 188 Å². The molecular weight excluding hydrogens is 648 g/mol. The summed E-state index contributed by atoms with van der Waals surface area (Å²) in [6, 6.07) is 5.51. The Hall–Kier alpha value is -3.52. The van der Waals surface area contributed by atoms with E-state index in [1.807, 2.05) is 26.8 Å². The Kier molecular flexibility index (Phi) is 10.8. The van der Waals surface area contributed by atoms with Gasteiger partial charge in [0.05, 0.1) is 17.3 Å². The molecule has 14 heteroatoms. The summed E-state index contributed by atoms with van der Waals surface area (Å²) >= 11 is 0. The van der Waals surface area contributed by atoms with Gasteiger partial charge in [-0.1, -0.05) is 83.2 Å². The Balaban J connectivity index is 1.28. The lowest BCUT2D eigenvalue weighted by atomic mass is 9.81. The second kappa shape index (κ2) is 14.4. The summed E-state index contributed by atoms with van der Waals surface area (Å²) < 4.78 is 28.0. The number of urea groups is 1. The molecule has 4 fully saturated rings. The summed E-state index contributed by atoms with van der Waals surface area (Å²) in [5.74, 6) is -2.68. The first kappa shape index (κ1) is 36.8. The minimum absolute atomic E-state index is 0.0671. The van der Waals surface area contributed by atoms with Gasteiger partial charge in [-0.25, -0.2) is 17.5 Å². The molecular formula is C35H52N6O7S. The number of hydrogen-bond donors (Lipinski definition) is 4. The predicted molar refractivity (Wildman–Crippen MR) is 183 cm³/mol. The van der Waals surface area contributed by atoms with E-state index in [-0.39, 0.29) is 30.1 Å². The van der Waals surface area contributed by atoms with Gasteiger partial charge in [0.2, 0.25) is 27.6 Å². The number of carbonyl (C=O) groups excluding carboxylic acids is 5. The normalized spacial score (nSPS) is 24.3. The van der Waals surface area contributed by atoms with Crippen molar-refractivity contribution in [1.29, 1.82) is 0 Å². The summed E-state index contributed by atoms with van der Waals surface area (Å²) in [4.78, 5) is 67.5. The van der Waals surface area contributed by atoms with Crippen LogP contribution in [0.15, 0.2) is 30.3 Å². The molecule has 0 spiro atoms. The minimum atomic E-state index is -3.68. The number of nitrogens with zero attached hydrogens (tertiary/aromatic N) is 2. The standard InChI is InChI=1S/C35H52N6O7S/c1-34(2,3)29(32(45)41-19-24-18-25(24)27(41)31(44)37-26(17-22-13-14-22)28(42)30(36)43)38-33(46)39-35(15-9-6-10-16-35)21-40(4)49(47,48)20-23-11-7-5-8-12-23/h5,7-8,11-12,22,24-27,29H,6,9-10,13-21H2,1-4H3,(H2,36,43)(H,37,44)(H2,38,39,46)/t24-,25-,26?,27?,29+/m0/s1. The Labute approximate surface area is 289 Å². The fraction of sp³-hybridized carbons (Fsp3) is 0.686. The number of nitrogens with one attached hydrogen (secondary N) is 3. The molecule has 3 aliphatic carbocycles. The number of Topliss-reactive ketones (excluding diaryl/α,β-unsaturated/α-hetero) is 1. The predicted octanol–water partition coefficient (Wildman–Crippen LogP) is 2.05. The van der Waals surface area contributed by atoms with Crippen LogP contribution in [-0.4, -0.2) is 91.0 Å². The highest BCUT2D eigenvalue weighted by Crippen LogP contribution is 2.50. The number of sulfonamides is 1. The average Bonchev–Trinajstić information content (AvgIpc) is 3.96. The quantitative estimate of drug-likeness (QED) is 0.214. The Morgan fingerprint density at radius 2 is 1.67 bits per heavy atom. The van der Waals surface area contributed by atoms with Crippen LogP contribution in [-0.2, 0) is 35.0 Å². The first-order chi connectivity index (χ1) is 23.0. The molecule has 13 nitrogen and oxygen atoms in total. The smallest absolute Gasteiger partial charge is 0.315 e. The SMILES string of the molecule is CN(CC1(NC(=O)N[C@H](C(=O)N2C[C@@H]3C[C@@H]3C2C(=O)NC(CC2CC2)C(=O)C(N)=O)C(C)(C)C)CCCCC1)S(=O)(=O)Cc1ccccc1. The van der Waals surface area contributed by atoms with Crippen molar-refractivity contribution in [3.8, 4) is 0 Å². The van der Waals surface area contributed by atoms with Crippen molar-refractivity contribution in [3.63, 3.8) is 0 Å². The zero-order valence-corrected chi connectivity index (χ0v) is 29.9. The molecule has 0 radical (unpaired) electrons. The molecule has 0 bridgehead atoms. The lowest BCUT2D eigenvalue weighted by Gasteiger charge is -2.42. The number of hydrogen-bond acceptors (Lipinski definition) is 7. The van der Waals surface area contributed by atoms with E-state index in [1.165, 1.54) is 16.3 Å². The van der Waals surface area contributed by atoms with Gasteiger partial charge in [0.15, 0.2) is 0 Å². The van der Waals surface area contributed by atoms with Gasteiger partial charge in [0.1, 0.15) is 12.1 Å². The van der Waals surface area contributed by atoms with E-state index in [4.69, 9.17) is 5.73 Å². The first-order valence-electron chi connectivity index (χ1n) is 17.5. The number of piperidine rings is 1. The largest absolute Gasteiger partial charge is 0.363 e. The third-order valence-corrected chi connectivity index (χ3v) is 12.4. The van der Waals surface area contributed by atoms with Gasteiger partial charge in [-0.2, -0.15) is 0 Å². The number of carbonyl (C=O) groups is 5. The number of nitrogens with two attached hydrogens (primary N) is 1. The highest BCUT2D eigenvalue weighted by Gasteiger charge is 2.58. The van der Waals surface area contributed by atoms with Gasteiger partial charge in [0.25, 0.3) is 5.91 Å². The molecule has 1 saturated heterocycles. The van der Waals surface area contributed by atoms with Crippen molar-refractivity contribution in [3.05, 3.63) is 35.9 Å². The third-order valence-electron chi connectivity index (χ3n) is 10.6. The van der Waals surface area contributed by atoms with Gasteiger partial charge in [-0.15, -0.1) is 0 Å². The van der Waals surface area contributed by atoms with Crippen LogP contribution in [0.3, 0.4) is 0 Å². The summed E-state index contributed by atoms with van der Waals surface area (Å²) in [6.07, 6.45) is 6.73. The highest BCUT2D eigenvalue weighted by molar-refractivity contribution is 7.88. The summed E-state index contributed by atoms with van der Waals surface area (Å²) in [5, 5.41) is 8.72. The lowest BCUT2D eigenvalue weighted by molar-refractivity contribution is -0.144. The zero-order valence-electron chi connectivity index (χ0n) is 29.1. The van der Waals surface area contributed by atoms with Crippen LogP contribution in [0, 0.1) is 23.2 Å². The van der Waals surface area contributed by atoms with Crippen molar-refractivity contribution < 1.29 is 32.4 Å². The van der Waals surface area contributed by atoms with E-state index in [0.29, 0.717) is 31.4 Å². The Morgan fingerprint density at radius 3 is 2.27 bits per heavy atom. The van der Waals surface area contributed by atoms with Crippen molar-refractivity contribution >= 4 is 39.6 Å². The molecule has 0 aromatic heterocycles. The van der Waals surface area contributed by atoms with Crippen molar-refractivity contribution in [2.24, 2.45) is 28.9 Å². The van der Waals surface area contributed by atoms with Crippen LogP contribution in [0.5, 0.6) is 0 Å². The van der Waals surface area contributed by atoms with Crippen molar-refractivity contribution in [1.82, 2.24) is 25.2 Å². The fourth-order valence-electron chi connectivity index (χ4n) is 7.57. The number of primary amides is 1. The van der Waals surface area contributed by atoms with E-state index in [1.54, 1.807) is 24.3 Å². The molecule has 2 unspecified atom stereocenters. The second-order valence-electron chi connectivity index (χ2n) is 15.8. The summed E-state index contributed by atoms with van der Waals surface area (Å²) in [6.45, 7) is 5.94. The number of benzene rings is 1. The molecule has 270 valence electrons. The van der Waals surface area contributed by atoms with E-state index in [9.17, 15) is 32.4 Å². The Morgan fingerprint density at radius 1 is 1.02 bits per heavy atom. The van der Waals surface area contributed by atoms with Gasteiger partial charge < -0.3 is 26.6 Å². The maximum atomic E-state index is 14.3. The van der Waals surface area contributed by atoms with Crippen LogP contribution in [0.2, 0.25) is 0 Å². The molecule has 1 heterocycles. The first-order valence-corrected chi connectivity index (χ1v) is 19.1. The number of rotatable bonds is 14. The van der Waals surface area contributed by atoms with Crippen molar-refractivity contribution in [2.75, 3.05) is 20.1 Å². The fourth-order valence-corrected chi connectivity index (χ4v) is 8.85. The number of likely N-dealkylation sites (N-methyl/N-ethyl adjacent to an activating group) is 1. The third kappa shape index (κ3) is 8.99. The van der Waals surface area contributed by atoms with Gasteiger partial charge >= 0.3 is 6.03 Å². The maximum absolute atomic E-state index is 14.3. The van der Waals surface area contributed by atoms with E-state index in [2.05, 4.69) is 16.0 Å². The molecule has 5 amide bonds. The summed E-state index contributed by atoms with van der Waals surface area (Å²) in [5.41, 5.74) is 4.39. The molecule has 1 aromatic carbocycles. The molecule has 1 aliphatic heterocycles. The Bertz CT molecular complexity index is 1530. The molecule has 3 saturated carbocycles. The van der Waals surface area contributed by atoms with Crippen LogP contribution in [0.1, 0.15) is 84.1 Å². The second-order valence-corrected chi connectivity index (χ2v) is 17.9. The summed E-state index contributed by atoms with van der Waals surface area (Å²) in [7, 11) is -2.15. The van der Waals surface area contributed by atoms with Crippen LogP contribution >= 0.6 is 0 Å². The zero-order chi connectivity index (χ0) is 35.7. The average molecular weight is 701 g/mol. The lowest BCUT2D eigenvalue weighted by Crippen LogP contribution is -2.64. The maximum Gasteiger partial charge on any atom is 0.315 e. The molecule has 1 aromatic rings. The van der Waals surface area contributed by atoms with E-state index < -0.39 is 68.6 Å². The highest BCUT2D eigenvalue weighted by atomic mass is 32.2. The number of amides is 5. The molecule has 5 N–H and O–H groups in total. The minimum Gasteiger partial charge on any atom is -0.363 e. The monoisotopic (exact) mass is 700 g/mol. The van der Waals surface area contributed by atoms with Crippen LogP contribution < -0.4 is 21.7 Å². The number of fused-ring (bicyclic) bond motifs is 1. The van der Waals surface area contributed by atoms with Crippen LogP contribution in [0.25, 0.3) is 0 Å². The molecule has 5 atom stereocenters. The van der Waals surface area contributed by atoms with Gasteiger partial charge in [-0.05, 0) is 54.4 Å². The molecule has 49 heavy (non-hydrogen) atoms. The number of ketones is 1. The van der Waals surface area contributed by atoms with E-state index in [0.717, 1.165) is 38.5 Å². The number of likely N-dealkylation sites (tertiary alicyclic amines) is 1. The van der Waals surface area contributed by atoms with E-state index >= 15 is 0 Å². The van der Waals surface area contributed by atoms with Crippen molar-refractivity contribution in [2.45, 2.75) is 108 Å².